The van der Waals surface area contributed by atoms with Crippen LogP contribution >= 0.6 is 11.8 Å². The molecule has 0 aliphatic carbocycles. The second-order valence-electron chi connectivity index (χ2n) is 8.84. The zero-order chi connectivity index (χ0) is 25.2. The first-order valence-corrected chi connectivity index (χ1v) is 13.5. The van der Waals surface area contributed by atoms with Gasteiger partial charge in [0.1, 0.15) is 0 Å². The number of hydrogen-bond donors (Lipinski definition) is 1. The van der Waals surface area contributed by atoms with E-state index in [2.05, 4.69) is 44.6 Å². The average molecular weight is 511 g/mol. The molecule has 4 rings (SSSR count). The maximum absolute atomic E-state index is 12.7. The van der Waals surface area contributed by atoms with Crippen LogP contribution in [0.1, 0.15) is 30.7 Å². The summed E-state index contributed by atoms with van der Waals surface area (Å²) in [4.78, 5) is 19.5. The number of aromatic nitrogens is 2. The lowest BCUT2D eigenvalue weighted by Gasteiger charge is -2.30. The third kappa shape index (κ3) is 7.24. The number of likely N-dealkylation sites (tertiary alicyclic amines) is 1. The van der Waals surface area contributed by atoms with Crippen molar-refractivity contribution >= 4 is 17.7 Å². The molecular formula is C27H34N4O4S. The number of benzene rings is 2. The van der Waals surface area contributed by atoms with Gasteiger partial charge in [-0.3, -0.25) is 9.69 Å². The molecule has 1 unspecified atom stereocenters. The van der Waals surface area contributed by atoms with Crippen LogP contribution in [0.3, 0.4) is 0 Å². The highest BCUT2D eigenvalue weighted by atomic mass is 32.2. The summed E-state index contributed by atoms with van der Waals surface area (Å²) in [6.45, 7) is 2.85. The third-order valence-corrected chi connectivity index (χ3v) is 7.34. The fourth-order valence-corrected chi connectivity index (χ4v) is 5.23. The summed E-state index contributed by atoms with van der Waals surface area (Å²) >= 11 is 1.90. The van der Waals surface area contributed by atoms with Crippen molar-refractivity contribution in [3.8, 4) is 22.9 Å². The van der Waals surface area contributed by atoms with Gasteiger partial charge in [0.2, 0.25) is 17.6 Å². The van der Waals surface area contributed by atoms with Gasteiger partial charge >= 0.3 is 0 Å². The summed E-state index contributed by atoms with van der Waals surface area (Å²) in [6.07, 6.45) is 2.86. The molecule has 0 spiro atoms. The van der Waals surface area contributed by atoms with Crippen molar-refractivity contribution in [2.24, 2.45) is 5.92 Å². The molecule has 3 aromatic rings. The van der Waals surface area contributed by atoms with Crippen LogP contribution in [0, 0.1) is 5.92 Å². The number of nitrogens with zero attached hydrogens (tertiary/aromatic N) is 3. The largest absolute Gasteiger partial charge is 0.493 e. The van der Waals surface area contributed by atoms with Gasteiger partial charge in [-0.15, -0.1) is 0 Å². The Morgan fingerprint density at radius 3 is 2.81 bits per heavy atom. The number of rotatable bonds is 12. The van der Waals surface area contributed by atoms with Crippen LogP contribution in [0.25, 0.3) is 11.4 Å². The normalized spacial score (nSPS) is 16.0. The first-order chi connectivity index (χ1) is 17.7. The minimum Gasteiger partial charge on any atom is -0.493 e. The number of hydrogen-bond acceptors (Lipinski definition) is 8. The summed E-state index contributed by atoms with van der Waals surface area (Å²) in [5.74, 6) is 4.47. The van der Waals surface area contributed by atoms with Crippen molar-refractivity contribution in [1.29, 1.82) is 0 Å². The molecule has 1 fully saturated rings. The van der Waals surface area contributed by atoms with Crippen LogP contribution in [-0.4, -0.2) is 60.6 Å². The second kappa shape index (κ2) is 13.3. The summed E-state index contributed by atoms with van der Waals surface area (Å²) in [5.41, 5.74) is 2.13. The number of piperidine rings is 1. The minimum absolute atomic E-state index is 0.0102. The van der Waals surface area contributed by atoms with Crippen molar-refractivity contribution in [3.05, 3.63) is 60.0 Å². The third-order valence-electron chi connectivity index (χ3n) is 6.22. The van der Waals surface area contributed by atoms with E-state index in [9.17, 15) is 4.79 Å². The van der Waals surface area contributed by atoms with Crippen molar-refractivity contribution in [1.82, 2.24) is 20.4 Å². The molecule has 1 N–H and O–H groups in total. The Hall–Kier alpha value is -3.04. The molecule has 0 saturated carbocycles. The Bertz CT molecular complexity index is 1110. The fourth-order valence-electron chi connectivity index (χ4n) is 4.31. The zero-order valence-corrected chi connectivity index (χ0v) is 21.8. The molecule has 1 aliphatic heterocycles. The maximum atomic E-state index is 12.7. The summed E-state index contributed by atoms with van der Waals surface area (Å²) in [7, 11) is 3.19. The van der Waals surface area contributed by atoms with E-state index in [0.717, 1.165) is 49.4 Å². The average Bonchev–Trinajstić information content (AvgIpc) is 3.39. The molecule has 2 aromatic carbocycles. The van der Waals surface area contributed by atoms with Gasteiger partial charge in [-0.05, 0) is 55.3 Å². The van der Waals surface area contributed by atoms with Crippen molar-refractivity contribution in [3.63, 3.8) is 0 Å². The Balaban J connectivity index is 1.20. The van der Waals surface area contributed by atoms with Crippen LogP contribution < -0.4 is 14.8 Å². The lowest BCUT2D eigenvalue weighted by atomic mass is 9.97. The first-order valence-electron chi connectivity index (χ1n) is 12.3. The topological polar surface area (TPSA) is 89.7 Å². The number of thioether (sulfide) groups is 1. The molecule has 36 heavy (non-hydrogen) atoms. The van der Waals surface area contributed by atoms with Crippen LogP contribution in [0.4, 0.5) is 0 Å². The fraction of sp³-hybridized carbons (Fsp3) is 0.444. The Morgan fingerprint density at radius 2 is 2.00 bits per heavy atom. The number of ether oxygens (including phenoxy) is 2. The molecular weight excluding hydrogens is 476 g/mol. The highest BCUT2D eigenvalue weighted by Gasteiger charge is 2.26. The molecule has 1 aromatic heterocycles. The van der Waals surface area contributed by atoms with Gasteiger partial charge in [-0.2, -0.15) is 16.7 Å². The first kappa shape index (κ1) is 26.0. The van der Waals surface area contributed by atoms with E-state index >= 15 is 0 Å². The number of methoxy groups -OCH3 is 2. The second-order valence-corrected chi connectivity index (χ2v) is 9.94. The van der Waals surface area contributed by atoms with E-state index in [1.54, 1.807) is 14.2 Å². The molecule has 1 saturated heterocycles. The van der Waals surface area contributed by atoms with Crippen LogP contribution in [0.15, 0.2) is 53.1 Å². The highest BCUT2D eigenvalue weighted by Crippen LogP contribution is 2.31. The van der Waals surface area contributed by atoms with Gasteiger partial charge in [-0.1, -0.05) is 35.5 Å². The lowest BCUT2D eigenvalue weighted by molar-refractivity contribution is -0.126. The highest BCUT2D eigenvalue weighted by molar-refractivity contribution is 7.98. The maximum Gasteiger partial charge on any atom is 0.241 e. The van der Waals surface area contributed by atoms with Gasteiger partial charge in [-0.25, -0.2) is 0 Å². The molecule has 2 heterocycles. The molecule has 8 nitrogen and oxygen atoms in total. The number of nitrogens with one attached hydrogen (secondary N) is 1. The quantitative estimate of drug-likeness (QED) is 0.359. The number of amides is 1. The monoisotopic (exact) mass is 510 g/mol. The predicted octanol–water partition coefficient (Wildman–Crippen LogP) is 4.41. The Labute approximate surface area is 216 Å². The summed E-state index contributed by atoms with van der Waals surface area (Å²) in [6, 6.07) is 16.0. The van der Waals surface area contributed by atoms with Crippen LogP contribution in [0.5, 0.6) is 11.5 Å². The van der Waals surface area contributed by atoms with Gasteiger partial charge in [0.15, 0.2) is 11.5 Å². The van der Waals surface area contributed by atoms with E-state index < -0.39 is 0 Å². The standard InChI is InChI=1S/C27H34N4O4S/c1-33-23-12-11-21(16-24(23)34-2)26-29-25(35-30-26)18-31-14-6-10-22(17-31)27(32)28-13-7-15-36-19-20-8-4-3-5-9-20/h3-5,8-9,11-12,16,22H,6-7,10,13-15,17-19H2,1-2H3,(H,28,32). The molecule has 1 atom stereocenters. The Morgan fingerprint density at radius 1 is 1.17 bits per heavy atom. The lowest BCUT2D eigenvalue weighted by Crippen LogP contribution is -2.43. The van der Waals surface area contributed by atoms with Gasteiger partial charge in [0.25, 0.3) is 0 Å². The number of carbonyl (C=O) groups is 1. The molecule has 0 radical (unpaired) electrons. The SMILES string of the molecule is COc1ccc(-c2noc(CN3CCCC(C(=O)NCCCSCc4ccccc4)C3)n2)cc1OC. The number of carbonyl (C=O) groups excluding carboxylic acids is 1. The summed E-state index contributed by atoms with van der Waals surface area (Å²) in [5, 5.41) is 7.26. The molecule has 1 aliphatic rings. The van der Waals surface area contributed by atoms with E-state index in [0.29, 0.717) is 36.3 Å². The van der Waals surface area contributed by atoms with Crippen molar-refractivity contribution in [2.45, 2.75) is 31.6 Å². The van der Waals surface area contributed by atoms with Crippen molar-refractivity contribution < 1.29 is 18.8 Å². The minimum atomic E-state index is -0.0102. The van der Waals surface area contributed by atoms with Crippen LogP contribution in [0.2, 0.25) is 0 Å². The summed E-state index contributed by atoms with van der Waals surface area (Å²) < 4.78 is 16.2. The zero-order valence-electron chi connectivity index (χ0n) is 20.9. The van der Waals surface area contributed by atoms with Gasteiger partial charge < -0.3 is 19.3 Å². The van der Waals surface area contributed by atoms with E-state index in [4.69, 9.17) is 14.0 Å². The predicted molar refractivity (Wildman–Crippen MR) is 141 cm³/mol. The Kier molecular flexibility index (Phi) is 9.63. The van der Waals surface area contributed by atoms with Gasteiger partial charge in [0, 0.05) is 24.4 Å². The van der Waals surface area contributed by atoms with E-state index in [1.165, 1.54) is 5.56 Å². The van der Waals surface area contributed by atoms with E-state index in [-0.39, 0.29) is 11.8 Å². The molecule has 0 bridgehead atoms. The smallest absolute Gasteiger partial charge is 0.241 e. The van der Waals surface area contributed by atoms with Gasteiger partial charge in [0.05, 0.1) is 26.7 Å². The molecule has 192 valence electrons. The van der Waals surface area contributed by atoms with E-state index in [1.807, 2.05) is 36.0 Å². The van der Waals surface area contributed by atoms with Crippen LogP contribution in [-0.2, 0) is 17.1 Å². The van der Waals surface area contributed by atoms with Crippen molar-refractivity contribution in [2.75, 3.05) is 39.6 Å². The molecule has 1 amide bonds. The molecule has 9 heteroatoms.